The highest BCUT2D eigenvalue weighted by atomic mass is 79.9. The molecule has 0 spiro atoms. The van der Waals surface area contributed by atoms with E-state index in [2.05, 4.69) is 36.9 Å². The van der Waals surface area contributed by atoms with E-state index in [0.717, 1.165) is 4.47 Å². The van der Waals surface area contributed by atoms with E-state index < -0.39 is 5.97 Å². The fourth-order valence-corrected chi connectivity index (χ4v) is 2.52. The topological polar surface area (TPSA) is 51.8 Å². The van der Waals surface area contributed by atoms with Gasteiger partial charge in [-0.15, -0.1) is 0 Å². The van der Waals surface area contributed by atoms with Crippen molar-refractivity contribution in [1.82, 2.24) is 0 Å². The van der Waals surface area contributed by atoms with Crippen LogP contribution in [0.2, 0.25) is 5.02 Å². The maximum atomic E-state index is 11.8. The summed E-state index contributed by atoms with van der Waals surface area (Å²) < 4.78 is 11.8. The highest BCUT2D eigenvalue weighted by Gasteiger charge is 2.24. The second-order valence-corrected chi connectivity index (χ2v) is 6.13. The Morgan fingerprint density at radius 1 is 1.24 bits per heavy atom. The Balaban J connectivity index is 1.95. The van der Waals surface area contributed by atoms with Crippen LogP contribution in [0.15, 0.2) is 54.6 Å². The molecule has 0 fully saturated rings. The molecule has 21 heavy (non-hydrogen) atoms. The molecule has 7 heteroatoms. The van der Waals surface area contributed by atoms with E-state index in [0.29, 0.717) is 21.0 Å². The molecular formula is C14H6Br2ClNO3. The van der Waals surface area contributed by atoms with Gasteiger partial charge in [0.25, 0.3) is 0 Å². The summed E-state index contributed by atoms with van der Waals surface area (Å²) >= 11 is 12.4. The number of rotatable bonds is 2. The van der Waals surface area contributed by atoms with E-state index in [4.69, 9.17) is 20.8 Å². The molecule has 1 aromatic carbocycles. The second-order valence-electron chi connectivity index (χ2n) is 4.12. The summed E-state index contributed by atoms with van der Waals surface area (Å²) in [6.07, 6.45) is 1.51. The first-order valence-electron chi connectivity index (χ1n) is 5.76. The maximum absolute atomic E-state index is 11.8. The lowest BCUT2D eigenvalue weighted by Crippen LogP contribution is -2.05. The molecule has 0 aliphatic carbocycles. The van der Waals surface area contributed by atoms with Crippen LogP contribution in [0.4, 0.5) is 0 Å². The van der Waals surface area contributed by atoms with E-state index in [-0.39, 0.29) is 11.6 Å². The van der Waals surface area contributed by atoms with Crippen molar-refractivity contribution in [3.8, 4) is 0 Å². The van der Waals surface area contributed by atoms with E-state index in [1.807, 2.05) is 0 Å². The molecule has 0 amide bonds. The molecule has 4 nitrogen and oxygen atoms in total. The number of nitrogens with zero attached hydrogens (tertiary/aromatic N) is 1. The molecule has 1 aliphatic heterocycles. The number of benzene rings is 1. The molecule has 1 aliphatic rings. The highest BCUT2D eigenvalue weighted by Crippen LogP contribution is 2.29. The molecule has 3 rings (SSSR count). The predicted molar refractivity (Wildman–Crippen MR) is 86.2 cm³/mol. The normalized spacial score (nSPS) is 16.2. The number of hydrogen-bond donors (Lipinski definition) is 0. The molecule has 0 N–H and O–H groups in total. The number of ether oxygens (including phenoxy) is 1. The molecule has 0 radical (unpaired) electrons. The zero-order valence-corrected chi connectivity index (χ0v) is 14.2. The second kappa shape index (κ2) is 5.79. The van der Waals surface area contributed by atoms with Crippen LogP contribution < -0.4 is 0 Å². The van der Waals surface area contributed by atoms with Gasteiger partial charge in [-0.3, -0.25) is 0 Å². The van der Waals surface area contributed by atoms with Crippen LogP contribution in [-0.4, -0.2) is 11.9 Å². The number of esters is 1. The highest BCUT2D eigenvalue weighted by molar-refractivity contribution is 9.13. The maximum Gasteiger partial charge on any atom is 0.363 e. The third kappa shape index (κ3) is 3.12. The molecule has 0 bridgehead atoms. The summed E-state index contributed by atoms with van der Waals surface area (Å²) in [4.78, 5) is 16.0. The number of carbonyl (C=O) groups is 1. The minimum absolute atomic E-state index is 0.165. The van der Waals surface area contributed by atoms with Crippen LogP contribution in [0.3, 0.4) is 0 Å². The number of furan rings is 1. The van der Waals surface area contributed by atoms with Gasteiger partial charge >= 0.3 is 5.97 Å². The lowest BCUT2D eigenvalue weighted by molar-refractivity contribution is -0.129. The number of carbonyl (C=O) groups excluding carboxylic acids is 1. The third-order valence-corrected chi connectivity index (χ3v) is 4.58. The Morgan fingerprint density at radius 2 is 2.05 bits per heavy atom. The van der Waals surface area contributed by atoms with Gasteiger partial charge in [0.15, 0.2) is 10.4 Å². The SMILES string of the molecule is O=C1OC(c2cccc(Cl)c2)=NC1=Cc1cc(Br)c(Br)o1. The van der Waals surface area contributed by atoms with Gasteiger partial charge in [0, 0.05) is 16.7 Å². The van der Waals surface area contributed by atoms with Gasteiger partial charge in [0.1, 0.15) is 5.76 Å². The van der Waals surface area contributed by atoms with Crippen LogP contribution in [0.1, 0.15) is 11.3 Å². The minimum Gasteiger partial charge on any atom is -0.449 e. The predicted octanol–water partition coefficient (Wildman–Crippen LogP) is 4.80. The van der Waals surface area contributed by atoms with Gasteiger partial charge in [-0.05, 0) is 56.1 Å². The van der Waals surface area contributed by atoms with Gasteiger partial charge in [-0.2, -0.15) is 0 Å². The Labute approximate surface area is 141 Å². The van der Waals surface area contributed by atoms with E-state index >= 15 is 0 Å². The van der Waals surface area contributed by atoms with Crippen molar-refractivity contribution in [3.63, 3.8) is 0 Å². The van der Waals surface area contributed by atoms with Crippen LogP contribution in [0.25, 0.3) is 6.08 Å². The zero-order chi connectivity index (χ0) is 15.0. The fourth-order valence-electron chi connectivity index (χ4n) is 1.72. The Hall–Kier alpha value is -1.37. The monoisotopic (exact) mass is 429 g/mol. The van der Waals surface area contributed by atoms with Crippen molar-refractivity contribution < 1.29 is 13.9 Å². The lowest BCUT2D eigenvalue weighted by Gasteiger charge is -1.98. The van der Waals surface area contributed by atoms with Crippen LogP contribution in [0, 0.1) is 0 Å². The quantitative estimate of drug-likeness (QED) is 0.507. The molecule has 0 atom stereocenters. The zero-order valence-electron chi connectivity index (χ0n) is 10.3. The molecule has 106 valence electrons. The Morgan fingerprint density at radius 3 is 2.71 bits per heavy atom. The van der Waals surface area contributed by atoms with E-state index in [9.17, 15) is 4.79 Å². The van der Waals surface area contributed by atoms with Gasteiger partial charge in [0.2, 0.25) is 5.90 Å². The van der Waals surface area contributed by atoms with E-state index in [1.165, 1.54) is 6.08 Å². The molecule has 2 aromatic rings. The van der Waals surface area contributed by atoms with Crippen molar-refractivity contribution in [3.05, 3.63) is 61.5 Å². The van der Waals surface area contributed by atoms with Crippen molar-refractivity contribution in [2.75, 3.05) is 0 Å². The lowest BCUT2D eigenvalue weighted by atomic mass is 10.2. The number of cyclic esters (lactones) is 1. The van der Waals surface area contributed by atoms with Gasteiger partial charge in [0.05, 0.1) is 4.47 Å². The van der Waals surface area contributed by atoms with Crippen molar-refractivity contribution in [1.29, 1.82) is 0 Å². The standard InChI is InChI=1S/C14H6Br2ClNO3/c15-10-5-9(20-12(10)16)6-11-14(19)21-13(18-11)7-2-1-3-8(17)4-7/h1-6H. The number of aliphatic imine (C=N–C) groups is 1. The smallest absolute Gasteiger partial charge is 0.363 e. The third-order valence-electron chi connectivity index (χ3n) is 2.64. The van der Waals surface area contributed by atoms with E-state index in [1.54, 1.807) is 30.3 Å². The summed E-state index contributed by atoms with van der Waals surface area (Å²) in [5.41, 5.74) is 0.805. The minimum atomic E-state index is -0.534. The largest absolute Gasteiger partial charge is 0.449 e. The van der Waals surface area contributed by atoms with Crippen LogP contribution in [-0.2, 0) is 9.53 Å². The first-order chi connectivity index (χ1) is 10.0. The summed E-state index contributed by atoms with van der Waals surface area (Å²) in [7, 11) is 0. The molecule has 1 aromatic heterocycles. The van der Waals surface area contributed by atoms with Crippen molar-refractivity contribution in [2.24, 2.45) is 4.99 Å². The van der Waals surface area contributed by atoms with Crippen LogP contribution in [0.5, 0.6) is 0 Å². The Kier molecular flexibility index (Phi) is 4.01. The molecule has 0 saturated carbocycles. The molecular weight excluding hydrogens is 425 g/mol. The first kappa shape index (κ1) is 14.6. The molecule has 2 heterocycles. The number of halogens is 3. The summed E-state index contributed by atoms with van der Waals surface area (Å²) in [6.45, 7) is 0. The van der Waals surface area contributed by atoms with Gasteiger partial charge in [-0.25, -0.2) is 9.79 Å². The number of hydrogen-bond acceptors (Lipinski definition) is 4. The summed E-state index contributed by atoms with van der Waals surface area (Å²) in [6, 6.07) is 8.66. The van der Waals surface area contributed by atoms with Crippen molar-refractivity contribution in [2.45, 2.75) is 0 Å². The fraction of sp³-hybridized carbons (Fsp3) is 0. The molecule has 0 saturated heterocycles. The first-order valence-corrected chi connectivity index (χ1v) is 7.72. The average Bonchev–Trinajstić information content (AvgIpc) is 2.94. The van der Waals surface area contributed by atoms with Gasteiger partial charge in [-0.1, -0.05) is 17.7 Å². The summed E-state index contributed by atoms with van der Waals surface area (Å²) in [5, 5.41) is 0.544. The van der Waals surface area contributed by atoms with Crippen LogP contribution >= 0.6 is 43.5 Å². The Bertz CT molecular complexity index is 776. The van der Waals surface area contributed by atoms with Gasteiger partial charge < -0.3 is 9.15 Å². The molecule has 0 unspecified atom stereocenters. The van der Waals surface area contributed by atoms with Crippen molar-refractivity contribution >= 4 is 61.4 Å². The summed E-state index contributed by atoms with van der Waals surface area (Å²) in [5.74, 6) is 0.170. The average molecular weight is 431 g/mol.